The summed E-state index contributed by atoms with van der Waals surface area (Å²) in [6, 6.07) is 12.7. The van der Waals surface area contributed by atoms with Gasteiger partial charge in [0.2, 0.25) is 10.0 Å². The highest BCUT2D eigenvalue weighted by Crippen LogP contribution is 2.30. The second-order valence-electron chi connectivity index (χ2n) is 6.89. The van der Waals surface area contributed by atoms with Crippen LogP contribution in [-0.2, 0) is 16.6 Å². The van der Waals surface area contributed by atoms with Gasteiger partial charge in [-0.2, -0.15) is 4.31 Å². The van der Waals surface area contributed by atoms with Gasteiger partial charge in [0.15, 0.2) is 11.5 Å². The molecule has 0 atom stereocenters. The Kier molecular flexibility index (Phi) is 7.00. The fraction of sp³-hybridized carbons (Fsp3) is 0.429. The molecule has 0 aliphatic carbocycles. The van der Waals surface area contributed by atoms with Crippen LogP contribution in [0.5, 0.6) is 17.2 Å². The van der Waals surface area contributed by atoms with Crippen molar-refractivity contribution in [2.45, 2.75) is 18.4 Å². The highest BCUT2D eigenvalue weighted by molar-refractivity contribution is 7.89. The van der Waals surface area contributed by atoms with Crippen molar-refractivity contribution in [1.82, 2.24) is 4.31 Å². The maximum atomic E-state index is 13.1. The Bertz CT molecular complexity index is 924. The Hall–Kier alpha value is -2.29. The summed E-state index contributed by atoms with van der Waals surface area (Å²) < 4.78 is 43.8. The number of piperazine rings is 1. The molecule has 8 heteroatoms. The molecule has 3 rings (SSSR count). The Morgan fingerprint density at radius 1 is 0.966 bits per heavy atom. The largest absolute Gasteiger partial charge is 0.493 e. The predicted octanol–water partition coefficient (Wildman–Crippen LogP) is 1.19. The van der Waals surface area contributed by atoms with Crippen LogP contribution in [0.25, 0.3) is 0 Å². The molecule has 1 heterocycles. The van der Waals surface area contributed by atoms with Gasteiger partial charge in [0, 0.05) is 11.6 Å². The van der Waals surface area contributed by atoms with E-state index < -0.39 is 10.0 Å². The van der Waals surface area contributed by atoms with Gasteiger partial charge < -0.3 is 19.1 Å². The molecule has 0 unspecified atom stereocenters. The van der Waals surface area contributed by atoms with Crippen LogP contribution in [0.3, 0.4) is 0 Å². The van der Waals surface area contributed by atoms with E-state index in [9.17, 15) is 8.42 Å². The van der Waals surface area contributed by atoms with Gasteiger partial charge in [-0.05, 0) is 31.2 Å². The second-order valence-corrected chi connectivity index (χ2v) is 8.83. The van der Waals surface area contributed by atoms with Crippen LogP contribution >= 0.6 is 0 Å². The number of para-hydroxylation sites is 1. The Labute approximate surface area is 172 Å². The Balaban J connectivity index is 1.67. The standard InChI is InChI=1S/C21H28N2O5S/c1-4-28-19-8-6-5-7-17(19)16-22-11-13-23(14-12-22)29(24,25)18-9-10-20(26-2)21(15-18)27-3/h5-10,15H,4,11-14,16H2,1-3H3/p+1. The maximum Gasteiger partial charge on any atom is 0.243 e. The highest BCUT2D eigenvalue weighted by Gasteiger charge is 2.31. The molecule has 0 bridgehead atoms. The van der Waals surface area contributed by atoms with Crippen molar-refractivity contribution in [2.24, 2.45) is 0 Å². The lowest BCUT2D eigenvalue weighted by atomic mass is 10.2. The smallest absolute Gasteiger partial charge is 0.243 e. The zero-order chi connectivity index (χ0) is 20.9. The molecule has 29 heavy (non-hydrogen) atoms. The van der Waals surface area contributed by atoms with E-state index in [1.807, 2.05) is 25.1 Å². The number of hydrogen-bond acceptors (Lipinski definition) is 5. The topological polar surface area (TPSA) is 69.5 Å². The molecule has 0 spiro atoms. The van der Waals surface area contributed by atoms with Crippen LogP contribution in [0.1, 0.15) is 12.5 Å². The maximum absolute atomic E-state index is 13.1. The Morgan fingerprint density at radius 3 is 2.31 bits per heavy atom. The van der Waals surface area contributed by atoms with Gasteiger partial charge in [-0.25, -0.2) is 8.42 Å². The summed E-state index contributed by atoms with van der Waals surface area (Å²) in [5.74, 6) is 1.82. The third kappa shape index (κ3) is 4.83. The molecular formula is C21H29N2O5S+. The summed E-state index contributed by atoms with van der Waals surface area (Å²) in [7, 11) is -0.551. The minimum Gasteiger partial charge on any atom is -0.493 e. The van der Waals surface area contributed by atoms with Crippen molar-refractivity contribution in [3.63, 3.8) is 0 Å². The molecule has 0 saturated carbocycles. The lowest BCUT2D eigenvalue weighted by Gasteiger charge is -2.32. The molecule has 158 valence electrons. The number of rotatable bonds is 8. The second kappa shape index (κ2) is 9.47. The summed E-state index contributed by atoms with van der Waals surface area (Å²) in [4.78, 5) is 1.57. The minimum atomic E-state index is -3.57. The first-order valence-electron chi connectivity index (χ1n) is 9.76. The lowest BCUT2D eigenvalue weighted by molar-refractivity contribution is -0.917. The van der Waals surface area contributed by atoms with E-state index in [1.165, 1.54) is 25.2 Å². The van der Waals surface area contributed by atoms with E-state index in [-0.39, 0.29) is 4.90 Å². The van der Waals surface area contributed by atoms with Crippen molar-refractivity contribution in [2.75, 3.05) is 47.0 Å². The predicted molar refractivity (Wildman–Crippen MR) is 110 cm³/mol. The molecule has 0 radical (unpaired) electrons. The first-order chi connectivity index (χ1) is 14.0. The number of ether oxygens (including phenoxy) is 3. The van der Waals surface area contributed by atoms with Gasteiger partial charge >= 0.3 is 0 Å². The molecule has 1 fully saturated rings. The van der Waals surface area contributed by atoms with Crippen molar-refractivity contribution >= 4 is 10.0 Å². The van der Waals surface area contributed by atoms with E-state index in [1.54, 1.807) is 16.4 Å². The van der Waals surface area contributed by atoms with E-state index in [0.717, 1.165) is 30.9 Å². The zero-order valence-corrected chi connectivity index (χ0v) is 18.0. The summed E-state index contributed by atoms with van der Waals surface area (Å²) >= 11 is 0. The number of benzene rings is 2. The number of hydrogen-bond donors (Lipinski definition) is 1. The van der Waals surface area contributed by atoms with E-state index in [0.29, 0.717) is 31.2 Å². The van der Waals surface area contributed by atoms with Crippen LogP contribution < -0.4 is 19.1 Å². The van der Waals surface area contributed by atoms with Crippen LogP contribution in [0, 0.1) is 0 Å². The number of methoxy groups -OCH3 is 2. The summed E-state index contributed by atoms with van der Waals surface area (Å²) in [5, 5.41) is 0. The van der Waals surface area contributed by atoms with Gasteiger partial charge in [0.1, 0.15) is 12.3 Å². The highest BCUT2D eigenvalue weighted by atomic mass is 32.2. The fourth-order valence-electron chi connectivity index (χ4n) is 3.56. The number of quaternary nitrogens is 1. The van der Waals surface area contributed by atoms with Crippen LogP contribution in [-0.4, -0.2) is 59.7 Å². The van der Waals surface area contributed by atoms with Gasteiger partial charge in [-0.1, -0.05) is 12.1 Å². The third-order valence-electron chi connectivity index (χ3n) is 5.14. The van der Waals surface area contributed by atoms with Crippen molar-refractivity contribution in [3.05, 3.63) is 48.0 Å². The first-order valence-corrected chi connectivity index (χ1v) is 11.2. The van der Waals surface area contributed by atoms with Crippen LogP contribution in [0.4, 0.5) is 0 Å². The van der Waals surface area contributed by atoms with Gasteiger partial charge in [-0.15, -0.1) is 0 Å². The molecule has 1 aliphatic heterocycles. The van der Waals surface area contributed by atoms with E-state index in [4.69, 9.17) is 14.2 Å². The Morgan fingerprint density at radius 2 is 1.66 bits per heavy atom. The summed E-state index contributed by atoms with van der Waals surface area (Å²) in [5.41, 5.74) is 1.15. The normalized spacial score (nSPS) is 15.8. The molecule has 1 N–H and O–H groups in total. The minimum absolute atomic E-state index is 0.222. The molecule has 2 aromatic carbocycles. The monoisotopic (exact) mass is 421 g/mol. The molecule has 1 aliphatic rings. The molecule has 0 amide bonds. The SMILES string of the molecule is CCOc1ccccc1C[NH+]1CCN(S(=O)(=O)c2ccc(OC)c(OC)c2)CC1. The summed E-state index contributed by atoms with van der Waals surface area (Å²) in [6.45, 7) is 5.86. The van der Waals surface area contributed by atoms with E-state index >= 15 is 0 Å². The van der Waals surface area contributed by atoms with Gasteiger partial charge in [0.25, 0.3) is 0 Å². The molecule has 2 aromatic rings. The molecule has 1 saturated heterocycles. The fourth-order valence-corrected chi connectivity index (χ4v) is 5.02. The average molecular weight is 422 g/mol. The third-order valence-corrected chi connectivity index (χ3v) is 7.03. The van der Waals surface area contributed by atoms with Crippen molar-refractivity contribution in [1.29, 1.82) is 0 Å². The van der Waals surface area contributed by atoms with Crippen molar-refractivity contribution in [3.8, 4) is 17.2 Å². The van der Waals surface area contributed by atoms with Gasteiger partial charge in [-0.3, -0.25) is 0 Å². The first kappa shape index (κ1) is 21.4. The number of nitrogens with one attached hydrogen (secondary N) is 1. The quantitative estimate of drug-likeness (QED) is 0.694. The van der Waals surface area contributed by atoms with Crippen LogP contribution in [0.2, 0.25) is 0 Å². The van der Waals surface area contributed by atoms with E-state index in [2.05, 4.69) is 6.07 Å². The molecule has 7 nitrogen and oxygen atoms in total. The number of nitrogens with zero attached hydrogens (tertiary/aromatic N) is 1. The van der Waals surface area contributed by atoms with Gasteiger partial charge in [0.05, 0.1) is 51.9 Å². The van der Waals surface area contributed by atoms with Crippen molar-refractivity contribution < 1.29 is 27.5 Å². The zero-order valence-electron chi connectivity index (χ0n) is 17.2. The average Bonchev–Trinajstić information content (AvgIpc) is 2.75. The molecule has 0 aromatic heterocycles. The molecular weight excluding hydrogens is 392 g/mol. The van der Waals surface area contributed by atoms with Crippen LogP contribution in [0.15, 0.2) is 47.4 Å². The summed E-state index contributed by atoms with van der Waals surface area (Å²) in [6.07, 6.45) is 0. The number of sulfonamides is 1. The lowest BCUT2D eigenvalue weighted by Crippen LogP contribution is -3.13.